The smallest absolute Gasteiger partial charge is 0.341 e. The number of rotatable bonds is 4. The van der Waals surface area contributed by atoms with Crippen molar-refractivity contribution in [1.82, 2.24) is 9.78 Å². The van der Waals surface area contributed by atoms with Crippen molar-refractivity contribution in [3.8, 4) is 11.3 Å². The van der Waals surface area contributed by atoms with E-state index >= 15 is 0 Å². The standard InChI is InChI=1S/C11H11FN2O2S/c1-16-11(15)9-6-14(4-3-12)13-10(9)8-2-5-17-7-8/h2,5-7H,3-4H2,1H3. The first-order valence-corrected chi connectivity index (χ1v) is 5.95. The second-order valence-electron chi connectivity index (χ2n) is 3.35. The number of thiophene rings is 1. The monoisotopic (exact) mass is 254 g/mol. The van der Waals surface area contributed by atoms with E-state index in [2.05, 4.69) is 9.84 Å². The van der Waals surface area contributed by atoms with Gasteiger partial charge in [0.2, 0.25) is 0 Å². The maximum Gasteiger partial charge on any atom is 0.341 e. The van der Waals surface area contributed by atoms with Crippen LogP contribution in [0.15, 0.2) is 23.0 Å². The molecule has 17 heavy (non-hydrogen) atoms. The minimum Gasteiger partial charge on any atom is -0.465 e. The van der Waals surface area contributed by atoms with Gasteiger partial charge in [-0.1, -0.05) is 0 Å². The van der Waals surface area contributed by atoms with E-state index in [0.717, 1.165) is 5.56 Å². The summed E-state index contributed by atoms with van der Waals surface area (Å²) in [6, 6.07) is 1.86. The summed E-state index contributed by atoms with van der Waals surface area (Å²) in [4.78, 5) is 11.6. The second kappa shape index (κ2) is 5.09. The molecule has 0 N–H and O–H groups in total. The first-order valence-electron chi connectivity index (χ1n) is 5.00. The van der Waals surface area contributed by atoms with Crippen molar-refractivity contribution in [1.29, 1.82) is 0 Å². The molecule has 0 aliphatic carbocycles. The number of aryl methyl sites for hydroxylation is 1. The Labute approximate surface area is 102 Å². The zero-order valence-electron chi connectivity index (χ0n) is 9.22. The van der Waals surface area contributed by atoms with E-state index in [1.165, 1.54) is 29.3 Å². The van der Waals surface area contributed by atoms with Crippen molar-refractivity contribution >= 4 is 17.3 Å². The van der Waals surface area contributed by atoms with Gasteiger partial charge in [0.25, 0.3) is 0 Å². The zero-order valence-corrected chi connectivity index (χ0v) is 10.0. The van der Waals surface area contributed by atoms with Crippen LogP contribution in [0.2, 0.25) is 0 Å². The Morgan fingerprint density at radius 1 is 1.65 bits per heavy atom. The van der Waals surface area contributed by atoms with E-state index < -0.39 is 12.6 Å². The molecule has 4 nitrogen and oxygen atoms in total. The maximum atomic E-state index is 12.3. The predicted molar refractivity (Wildman–Crippen MR) is 62.9 cm³/mol. The molecule has 0 amide bonds. The molecule has 6 heteroatoms. The number of nitrogens with zero attached hydrogens (tertiary/aromatic N) is 2. The largest absolute Gasteiger partial charge is 0.465 e. The zero-order chi connectivity index (χ0) is 12.3. The minimum atomic E-state index is -0.522. The molecule has 0 unspecified atom stereocenters. The van der Waals surface area contributed by atoms with Crippen LogP contribution < -0.4 is 0 Å². The molecule has 0 aromatic carbocycles. The van der Waals surface area contributed by atoms with Crippen molar-refractivity contribution in [2.75, 3.05) is 13.8 Å². The molecular weight excluding hydrogens is 243 g/mol. The number of methoxy groups -OCH3 is 1. The Kier molecular flexibility index (Phi) is 3.53. The SMILES string of the molecule is COC(=O)c1cn(CCF)nc1-c1ccsc1. The lowest BCUT2D eigenvalue weighted by atomic mass is 10.1. The Balaban J connectivity index is 2.44. The van der Waals surface area contributed by atoms with E-state index in [0.29, 0.717) is 11.3 Å². The summed E-state index contributed by atoms with van der Waals surface area (Å²) in [6.45, 7) is -0.389. The number of aromatic nitrogens is 2. The fourth-order valence-corrected chi connectivity index (χ4v) is 2.13. The van der Waals surface area contributed by atoms with Gasteiger partial charge in [0.1, 0.15) is 17.9 Å². The Morgan fingerprint density at radius 3 is 3.06 bits per heavy atom. The van der Waals surface area contributed by atoms with Crippen LogP contribution in [-0.4, -0.2) is 29.5 Å². The lowest BCUT2D eigenvalue weighted by molar-refractivity contribution is 0.0601. The number of hydrogen-bond donors (Lipinski definition) is 0. The number of carbonyl (C=O) groups is 1. The van der Waals surface area contributed by atoms with Crippen LogP contribution in [0.25, 0.3) is 11.3 Å². The fraction of sp³-hybridized carbons (Fsp3) is 0.273. The summed E-state index contributed by atoms with van der Waals surface area (Å²) in [5, 5.41) is 7.97. The minimum absolute atomic E-state index is 0.133. The molecule has 0 radical (unpaired) electrons. The highest BCUT2D eigenvalue weighted by Gasteiger charge is 2.18. The first-order chi connectivity index (χ1) is 8.26. The van der Waals surface area contributed by atoms with Gasteiger partial charge in [-0.2, -0.15) is 16.4 Å². The Bertz CT molecular complexity index is 508. The molecule has 0 atom stereocenters. The average Bonchev–Trinajstić information content (AvgIpc) is 2.96. The van der Waals surface area contributed by atoms with E-state index in [1.807, 2.05) is 16.8 Å². The van der Waals surface area contributed by atoms with Gasteiger partial charge in [-0.05, 0) is 11.4 Å². The predicted octanol–water partition coefficient (Wildman–Crippen LogP) is 2.37. The molecule has 0 saturated carbocycles. The van der Waals surface area contributed by atoms with Gasteiger partial charge < -0.3 is 4.74 Å². The molecule has 0 bridgehead atoms. The van der Waals surface area contributed by atoms with Crippen LogP contribution in [0.1, 0.15) is 10.4 Å². The van der Waals surface area contributed by atoms with Gasteiger partial charge in [-0.15, -0.1) is 0 Å². The number of alkyl halides is 1. The highest BCUT2D eigenvalue weighted by atomic mass is 32.1. The summed E-state index contributed by atoms with van der Waals surface area (Å²) in [5.41, 5.74) is 1.74. The van der Waals surface area contributed by atoms with E-state index in [-0.39, 0.29) is 6.54 Å². The van der Waals surface area contributed by atoms with Crippen molar-refractivity contribution < 1.29 is 13.9 Å². The molecule has 2 aromatic heterocycles. The van der Waals surface area contributed by atoms with Gasteiger partial charge >= 0.3 is 5.97 Å². The van der Waals surface area contributed by atoms with Gasteiger partial charge in [-0.25, -0.2) is 9.18 Å². The highest BCUT2D eigenvalue weighted by Crippen LogP contribution is 2.24. The summed E-state index contributed by atoms with van der Waals surface area (Å²) < 4.78 is 18.4. The molecule has 2 heterocycles. The van der Waals surface area contributed by atoms with Crippen molar-refractivity contribution in [2.45, 2.75) is 6.54 Å². The lowest BCUT2D eigenvalue weighted by Crippen LogP contribution is -2.01. The third kappa shape index (κ3) is 2.36. The highest BCUT2D eigenvalue weighted by molar-refractivity contribution is 7.08. The molecule has 90 valence electrons. The molecular formula is C11H11FN2O2S. The van der Waals surface area contributed by atoms with Crippen LogP contribution in [0.5, 0.6) is 0 Å². The Hall–Kier alpha value is -1.69. The number of hydrogen-bond acceptors (Lipinski definition) is 4. The van der Waals surface area contributed by atoms with Crippen molar-refractivity contribution in [2.24, 2.45) is 0 Å². The van der Waals surface area contributed by atoms with Crippen LogP contribution in [-0.2, 0) is 11.3 Å². The molecule has 0 aliphatic rings. The summed E-state index contributed by atoms with van der Waals surface area (Å²) in [5.74, 6) is -0.462. The fourth-order valence-electron chi connectivity index (χ4n) is 1.49. The first kappa shape index (κ1) is 11.8. The van der Waals surface area contributed by atoms with Gasteiger partial charge in [0.05, 0.1) is 13.7 Å². The Morgan fingerprint density at radius 2 is 2.47 bits per heavy atom. The van der Waals surface area contributed by atoms with E-state index in [9.17, 15) is 9.18 Å². The van der Waals surface area contributed by atoms with Gasteiger partial charge in [0, 0.05) is 17.1 Å². The van der Waals surface area contributed by atoms with Crippen molar-refractivity contribution in [3.05, 3.63) is 28.6 Å². The summed E-state index contributed by atoms with van der Waals surface area (Å²) in [6.07, 6.45) is 1.51. The van der Waals surface area contributed by atoms with E-state index in [4.69, 9.17) is 0 Å². The number of halogens is 1. The van der Waals surface area contributed by atoms with E-state index in [1.54, 1.807) is 0 Å². The molecule has 0 aliphatic heterocycles. The van der Waals surface area contributed by atoms with Crippen LogP contribution in [0.3, 0.4) is 0 Å². The number of esters is 1. The number of ether oxygens (including phenoxy) is 1. The second-order valence-corrected chi connectivity index (χ2v) is 4.13. The topological polar surface area (TPSA) is 44.1 Å². The molecule has 0 saturated heterocycles. The number of carbonyl (C=O) groups excluding carboxylic acids is 1. The average molecular weight is 254 g/mol. The summed E-state index contributed by atoms with van der Waals surface area (Å²) >= 11 is 1.51. The normalized spacial score (nSPS) is 10.5. The van der Waals surface area contributed by atoms with Crippen molar-refractivity contribution in [3.63, 3.8) is 0 Å². The maximum absolute atomic E-state index is 12.3. The molecule has 0 spiro atoms. The van der Waals surface area contributed by atoms with Crippen LogP contribution in [0.4, 0.5) is 4.39 Å². The van der Waals surface area contributed by atoms with Crippen LogP contribution >= 0.6 is 11.3 Å². The molecule has 0 fully saturated rings. The molecule has 2 aromatic rings. The molecule has 2 rings (SSSR count). The van der Waals surface area contributed by atoms with Crippen LogP contribution in [0, 0.1) is 0 Å². The summed E-state index contributed by atoms with van der Waals surface area (Å²) in [7, 11) is 1.31. The van der Waals surface area contributed by atoms with Gasteiger partial charge in [0.15, 0.2) is 0 Å². The lowest BCUT2D eigenvalue weighted by Gasteiger charge is -1.97. The quantitative estimate of drug-likeness (QED) is 0.787. The van der Waals surface area contributed by atoms with Gasteiger partial charge in [-0.3, -0.25) is 4.68 Å². The third-order valence-electron chi connectivity index (χ3n) is 2.28. The third-order valence-corrected chi connectivity index (χ3v) is 2.96.